The minimum atomic E-state index is 0.0954. The minimum Gasteiger partial charge on any atom is -0.360 e. The maximum Gasteiger partial charge on any atom is 0.279 e. The number of quaternary nitrogens is 1. The fraction of sp³-hybridized carbons (Fsp3) is 0.556. The van der Waals surface area contributed by atoms with Gasteiger partial charge in [-0.1, -0.05) is 25.1 Å². The third-order valence-electron chi connectivity index (χ3n) is 4.75. The van der Waals surface area contributed by atoms with Gasteiger partial charge in [-0.3, -0.25) is 4.79 Å². The molecule has 3 N–H and O–H groups in total. The zero-order valence-electron chi connectivity index (χ0n) is 14.3. The number of para-hydroxylation sites is 1. The lowest BCUT2D eigenvalue weighted by atomic mass is 10.1. The molecule has 0 radical (unpaired) electrons. The van der Waals surface area contributed by atoms with E-state index in [4.69, 9.17) is 12.2 Å². The summed E-state index contributed by atoms with van der Waals surface area (Å²) in [6.07, 6.45) is 3.41. The predicted molar refractivity (Wildman–Crippen MR) is 100 cm³/mol. The quantitative estimate of drug-likeness (QED) is 0.676. The summed E-state index contributed by atoms with van der Waals surface area (Å²) in [7, 11) is 0. The Morgan fingerprint density at radius 1 is 1.29 bits per heavy atom. The Balaban J connectivity index is 1.43. The van der Waals surface area contributed by atoms with Gasteiger partial charge in [-0.15, -0.1) is 0 Å². The van der Waals surface area contributed by atoms with Crippen LogP contribution in [0.5, 0.6) is 0 Å². The molecule has 1 amide bonds. The van der Waals surface area contributed by atoms with Crippen LogP contribution in [-0.4, -0.2) is 54.7 Å². The number of rotatable bonds is 5. The highest BCUT2D eigenvalue weighted by Crippen LogP contribution is 2.19. The van der Waals surface area contributed by atoms with E-state index in [1.54, 1.807) is 0 Å². The molecular formula is C18H27N4OS+. The fourth-order valence-electron chi connectivity index (χ4n) is 3.07. The molecule has 0 spiro atoms. The standard InChI is InChI=1S/C18H26N4OS/c1-2-14-5-3-4-6-16(14)20-17(23)13-21-9-11-22(12-10-21)18(24)19-15-7-8-15/h3-6,15H,2,7-13H2,1H3,(H,19,24)(H,20,23)/p+1. The highest BCUT2D eigenvalue weighted by Gasteiger charge is 2.27. The first-order valence-corrected chi connectivity index (χ1v) is 9.33. The van der Waals surface area contributed by atoms with Gasteiger partial charge >= 0.3 is 0 Å². The average Bonchev–Trinajstić information content (AvgIpc) is 3.40. The van der Waals surface area contributed by atoms with Crippen LogP contribution in [0.4, 0.5) is 5.69 Å². The van der Waals surface area contributed by atoms with E-state index in [9.17, 15) is 4.79 Å². The van der Waals surface area contributed by atoms with Crippen LogP contribution in [0.25, 0.3) is 0 Å². The normalized spacial score (nSPS) is 18.3. The molecule has 1 aromatic carbocycles. The number of carbonyl (C=O) groups excluding carboxylic acids is 1. The molecule has 1 heterocycles. The summed E-state index contributed by atoms with van der Waals surface area (Å²) >= 11 is 5.46. The van der Waals surface area contributed by atoms with E-state index in [1.807, 2.05) is 18.2 Å². The Kier molecular flexibility index (Phi) is 5.68. The van der Waals surface area contributed by atoms with Gasteiger partial charge in [-0.25, -0.2) is 0 Å². The van der Waals surface area contributed by atoms with Crippen molar-refractivity contribution < 1.29 is 9.69 Å². The summed E-state index contributed by atoms with van der Waals surface area (Å²) in [6.45, 7) is 6.38. The van der Waals surface area contributed by atoms with Crippen molar-refractivity contribution in [2.75, 3.05) is 38.0 Å². The molecule has 3 rings (SSSR count). The lowest BCUT2D eigenvalue weighted by Crippen LogP contribution is -3.15. The molecule has 0 unspecified atom stereocenters. The molecule has 5 nitrogen and oxygen atoms in total. The van der Waals surface area contributed by atoms with Crippen LogP contribution >= 0.6 is 12.2 Å². The number of nitrogens with one attached hydrogen (secondary N) is 3. The molecule has 2 fully saturated rings. The molecule has 1 saturated heterocycles. The zero-order valence-corrected chi connectivity index (χ0v) is 15.1. The summed E-state index contributed by atoms with van der Waals surface area (Å²) in [5.41, 5.74) is 2.13. The van der Waals surface area contributed by atoms with Crippen molar-refractivity contribution in [1.82, 2.24) is 10.2 Å². The Morgan fingerprint density at radius 3 is 2.67 bits per heavy atom. The summed E-state index contributed by atoms with van der Waals surface area (Å²) in [4.78, 5) is 15.9. The second-order valence-electron chi connectivity index (χ2n) is 6.70. The third-order valence-corrected chi connectivity index (χ3v) is 5.12. The van der Waals surface area contributed by atoms with Crippen LogP contribution in [0.15, 0.2) is 24.3 Å². The smallest absolute Gasteiger partial charge is 0.279 e. The highest BCUT2D eigenvalue weighted by atomic mass is 32.1. The first kappa shape index (κ1) is 17.2. The number of anilines is 1. The lowest BCUT2D eigenvalue weighted by Gasteiger charge is -2.33. The highest BCUT2D eigenvalue weighted by molar-refractivity contribution is 7.80. The number of benzene rings is 1. The molecule has 0 atom stereocenters. The number of nitrogens with zero attached hydrogens (tertiary/aromatic N) is 1. The number of thiocarbonyl (C=S) groups is 1. The number of hydrogen-bond acceptors (Lipinski definition) is 2. The van der Waals surface area contributed by atoms with Gasteiger partial charge in [0, 0.05) is 11.7 Å². The van der Waals surface area contributed by atoms with Gasteiger partial charge in [0.1, 0.15) is 0 Å². The molecule has 0 bridgehead atoms. The molecule has 1 aromatic rings. The van der Waals surface area contributed by atoms with E-state index in [0.29, 0.717) is 12.6 Å². The van der Waals surface area contributed by atoms with Crippen LogP contribution in [0.2, 0.25) is 0 Å². The molecule has 2 aliphatic rings. The number of aryl methyl sites for hydroxylation is 1. The maximum atomic E-state index is 12.3. The van der Waals surface area contributed by atoms with Crippen molar-refractivity contribution in [2.45, 2.75) is 32.2 Å². The number of amides is 1. The van der Waals surface area contributed by atoms with Gasteiger partial charge in [0.05, 0.1) is 26.2 Å². The molecule has 1 saturated carbocycles. The summed E-state index contributed by atoms with van der Waals surface area (Å²) in [5.74, 6) is 0.0954. The average molecular weight is 348 g/mol. The predicted octanol–water partition coefficient (Wildman–Crippen LogP) is 0.425. The van der Waals surface area contributed by atoms with E-state index >= 15 is 0 Å². The van der Waals surface area contributed by atoms with Gasteiger partial charge in [0.15, 0.2) is 11.7 Å². The van der Waals surface area contributed by atoms with Crippen molar-refractivity contribution in [2.24, 2.45) is 0 Å². The first-order chi connectivity index (χ1) is 11.7. The second-order valence-corrected chi connectivity index (χ2v) is 7.08. The minimum absolute atomic E-state index is 0.0954. The Labute approximate surface area is 149 Å². The maximum absolute atomic E-state index is 12.3. The van der Waals surface area contributed by atoms with Crippen LogP contribution in [0.3, 0.4) is 0 Å². The molecule has 0 aromatic heterocycles. The monoisotopic (exact) mass is 347 g/mol. The van der Waals surface area contributed by atoms with Crippen molar-refractivity contribution in [1.29, 1.82) is 0 Å². The lowest BCUT2D eigenvalue weighted by molar-refractivity contribution is -0.895. The SMILES string of the molecule is CCc1ccccc1NC(=O)C[NH+]1CCN(C(=S)NC2CC2)CC1. The van der Waals surface area contributed by atoms with Gasteiger partial charge in [0.2, 0.25) is 0 Å². The molecule has 130 valence electrons. The van der Waals surface area contributed by atoms with Crippen LogP contribution in [0.1, 0.15) is 25.3 Å². The zero-order chi connectivity index (χ0) is 16.9. The van der Waals surface area contributed by atoms with Crippen LogP contribution < -0.4 is 15.5 Å². The van der Waals surface area contributed by atoms with Crippen molar-refractivity contribution >= 4 is 28.9 Å². The number of piperazine rings is 1. The molecule has 24 heavy (non-hydrogen) atoms. The molecule has 6 heteroatoms. The fourth-order valence-corrected chi connectivity index (χ4v) is 3.42. The Morgan fingerprint density at radius 2 is 2.00 bits per heavy atom. The van der Waals surface area contributed by atoms with Gasteiger partial charge in [-0.05, 0) is 43.1 Å². The number of hydrogen-bond donors (Lipinski definition) is 3. The second kappa shape index (κ2) is 7.94. The van der Waals surface area contributed by atoms with Gasteiger partial charge in [0.25, 0.3) is 5.91 Å². The Bertz CT molecular complexity index is 594. The molecule has 1 aliphatic carbocycles. The van der Waals surface area contributed by atoms with Crippen molar-refractivity contribution in [3.63, 3.8) is 0 Å². The van der Waals surface area contributed by atoms with Gasteiger partial charge in [-0.2, -0.15) is 0 Å². The van der Waals surface area contributed by atoms with E-state index < -0.39 is 0 Å². The molecule has 1 aliphatic heterocycles. The summed E-state index contributed by atoms with van der Waals surface area (Å²) in [5, 5.41) is 7.35. The van der Waals surface area contributed by atoms with Crippen LogP contribution in [0, 0.1) is 0 Å². The largest absolute Gasteiger partial charge is 0.360 e. The number of carbonyl (C=O) groups is 1. The van der Waals surface area contributed by atoms with Crippen molar-refractivity contribution in [3.05, 3.63) is 29.8 Å². The van der Waals surface area contributed by atoms with E-state index in [1.165, 1.54) is 23.3 Å². The Hall–Kier alpha value is -1.66. The van der Waals surface area contributed by atoms with Crippen molar-refractivity contribution in [3.8, 4) is 0 Å². The first-order valence-electron chi connectivity index (χ1n) is 8.92. The van der Waals surface area contributed by atoms with Gasteiger partial charge < -0.3 is 20.4 Å². The van der Waals surface area contributed by atoms with Crippen LogP contribution in [-0.2, 0) is 11.2 Å². The topological polar surface area (TPSA) is 48.8 Å². The molecular weight excluding hydrogens is 320 g/mol. The summed E-state index contributed by atoms with van der Waals surface area (Å²) < 4.78 is 0. The van der Waals surface area contributed by atoms with E-state index in [2.05, 4.69) is 28.5 Å². The summed E-state index contributed by atoms with van der Waals surface area (Å²) in [6, 6.07) is 8.62. The third kappa shape index (κ3) is 4.68. The van der Waals surface area contributed by atoms with E-state index in [0.717, 1.165) is 43.4 Å². The van der Waals surface area contributed by atoms with E-state index in [-0.39, 0.29) is 5.91 Å².